The highest BCUT2D eigenvalue weighted by molar-refractivity contribution is 9.10. The molecule has 1 heterocycles. The molecule has 0 N–H and O–H groups in total. The van der Waals surface area contributed by atoms with Crippen molar-refractivity contribution >= 4 is 27.3 Å². The van der Waals surface area contributed by atoms with E-state index in [2.05, 4.69) is 20.9 Å². The summed E-state index contributed by atoms with van der Waals surface area (Å²) in [6.07, 6.45) is 1.97. The standard InChI is InChI=1S/C18H14BrF2NO2/c1-9-5-10(18-13(21)7-11(20)8-22-18)6-12(19)16(9)17-14(23)3-4-15(17)24-2/h5-8H,3-4H2,1-2H3. The molecule has 124 valence electrons. The largest absolute Gasteiger partial charge is 0.500 e. The number of Topliss-reactive ketones (excluding diaryl/α,β-unsaturated/α-hetero) is 1. The van der Waals surface area contributed by atoms with E-state index in [1.165, 1.54) is 0 Å². The lowest BCUT2D eigenvalue weighted by Gasteiger charge is -2.14. The van der Waals surface area contributed by atoms with Crippen molar-refractivity contribution in [1.82, 2.24) is 4.98 Å². The molecular weight excluding hydrogens is 380 g/mol. The number of halogens is 3. The number of benzene rings is 1. The average molecular weight is 394 g/mol. The summed E-state index contributed by atoms with van der Waals surface area (Å²) < 4.78 is 33.0. The lowest BCUT2D eigenvalue weighted by molar-refractivity contribution is -0.113. The van der Waals surface area contributed by atoms with E-state index in [1.807, 2.05) is 6.92 Å². The number of ketones is 1. The summed E-state index contributed by atoms with van der Waals surface area (Å²) in [5, 5.41) is 0. The van der Waals surface area contributed by atoms with Gasteiger partial charge in [0.15, 0.2) is 11.6 Å². The first-order valence-electron chi connectivity index (χ1n) is 7.34. The fourth-order valence-electron chi connectivity index (χ4n) is 2.94. The van der Waals surface area contributed by atoms with Crippen LogP contribution in [0.5, 0.6) is 0 Å². The summed E-state index contributed by atoms with van der Waals surface area (Å²) in [6.45, 7) is 1.83. The molecule has 0 radical (unpaired) electrons. The highest BCUT2D eigenvalue weighted by Crippen LogP contribution is 2.39. The fraction of sp³-hybridized carbons (Fsp3) is 0.222. The van der Waals surface area contributed by atoms with E-state index in [-0.39, 0.29) is 11.5 Å². The average Bonchev–Trinajstić information content (AvgIpc) is 2.87. The maximum absolute atomic E-state index is 14.0. The van der Waals surface area contributed by atoms with Gasteiger partial charge >= 0.3 is 0 Å². The monoisotopic (exact) mass is 393 g/mol. The van der Waals surface area contributed by atoms with Crippen molar-refractivity contribution in [3.8, 4) is 11.3 Å². The van der Waals surface area contributed by atoms with E-state index in [1.54, 1.807) is 19.2 Å². The SMILES string of the molecule is COC1=C(c2c(C)cc(-c3ncc(F)cc3F)cc2Br)C(=O)CC1. The first-order chi connectivity index (χ1) is 11.4. The summed E-state index contributed by atoms with van der Waals surface area (Å²) in [5.41, 5.74) is 2.64. The van der Waals surface area contributed by atoms with Crippen molar-refractivity contribution in [2.45, 2.75) is 19.8 Å². The zero-order chi connectivity index (χ0) is 17.4. The lowest BCUT2D eigenvalue weighted by Crippen LogP contribution is -2.02. The van der Waals surface area contributed by atoms with Crippen LogP contribution in [-0.4, -0.2) is 17.9 Å². The van der Waals surface area contributed by atoms with Crippen LogP contribution < -0.4 is 0 Å². The van der Waals surface area contributed by atoms with Crippen LogP contribution in [0.1, 0.15) is 24.0 Å². The molecule has 0 bridgehead atoms. The molecule has 0 unspecified atom stereocenters. The van der Waals surface area contributed by atoms with E-state index >= 15 is 0 Å². The number of methoxy groups -OCH3 is 1. The molecule has 0 amide bonds. The van der Waals surface area contributed by atoms with E-state index < -0.39 is 11.6 Å². The fourth-order valence-corrected chi connectivity index (χ4v) is 3.70. The molecule has 0 atom stereocenters. The van der Waals surface area contributed by atoms with Gasteiger partial charge in [0.25, 0.3) is 0 Å². The number of aryl methyl sites for hydroxylation is 1. The van der Waals surface area contributed by atoms with Crippen LogP contribution >= 0.6 is 15.9 Å². The molecule has 1 aliphatic carbocycles. The molecule has 1 aromatic heterocycles. The van der Waals surface area contributed by atoms with Crippen LogP contribution in [-0.2, 0) is 9.53 Å². The van der Waals surface area contributed by atoms with Gasteiger partial charge in [-0.15, -0.1) is 0 Å². The summed E-state index contributed by atoms with van der Waals surface area (Å²) >= 11 is 3.46. The second-order valence-electron chi connectivity index (χ2n) is 5.56. The van der Waals surface area contributed by atoms with Gasteiger partial charge in [0.1, 0.15) is 17.3 Å². The number of rotatable bonds is 3. The lowest BCUT2D eigenvalue weighted by atomic mass is 9.96. The molecule has 3 nitrogen and oxygen atoms in total. The number of allylic oxidation sites excluding steroid dienone is 2. The number of carbonyl (C=O) groups is 1. The van der Waals surface area contributed by atoms with Crippen LogP contribution in [0.3, 0.4) is 0 Å². The molecule has 0 spiro atoms. The molecule has 0 saturated carbocycles. The second-order valence-corrected chi connectivity index (χ2v) is 6.41. The number of ether oxygens (including phenoxy) is 1. The van der Waals surface area contributed by atoms with Crippen molar-refractivity contribution in [3.05, 3.63) is 57.4 Å². The van der Waals surface area contributed by atoms with E-state index in [0.717, 1.165) is 23.4 Å². The van der Waals surface area contributed by atoms with E-state index in [0.29, 0.717) is 34.2 Å². The zero-order valence-electron chi connectivity index (χ0n) is 13.1. The Balaban J connectivity index is 2.15. The third-order valence-electron chi connectivity index (χ3n) is 4.00. The van der Waals surface area contributed by atoms with Crippen LogP contribution in [0, 0.1) is 18.6 Å². The van der Waals surface area contributed by atoms with Crippen molar-refractivity contribution in [2.75, 3.05) is 7.11 Å². The summed E-state index contributed by atoms with van der Waals surface area (Å²) in [4.78, 5) is 16.1. The van der Waals surface area contributed by atoms with Gasteiger partial charge < -0.3 is 4.74 Å². The second kappa shape index (κ2) is 6.43. The molecule has 1 aromatic carbocycles. The molecule has 0 fully saturated rings. The van der Waals surface area contributed by atoms with Crippen molar-refractivity contribution < 1.29 is 18.3 Å². The van der Waals surface area contributed by atoms with Gasteiger partial charge in [-0.2, -0.15) is 0 Å². The van der Waals surface area contributed by atoms with Crippen molar-refractivity contribution in [3.63, 3.8) is 0 Å². The van der Waals surface area contributed by atoms with Gasteiger partial charge in [-0.25, -0.2) is 8.78 Å². The number of pyridine rings is 1. The van der Waals surface area contributed by atoms with Gasteiger partial charge in [0, 0.05) is 34.5 Å². The third kappa shape index (κ3) is 2.86. The smallest absolute Gasteiger partial charge is 0.167 e. The Morgan fingerprint density at radius 2 is 1.96 bits per heavy atom. The van der Waals surface area contributed by atoms with E-state index in [4.69, 9.17) is 4.74 Å². The van der Waals surface area contributed by atoms with Gasteiger partial charge in [-0.3, -0.25) is 9.78 Å². The maximum Gasteiger partial charge on any atom is 0.167 e. The number of hydrogen-bond donors (Lipinski definition) is 0. The first kappa shape index (κ1) is 16.8. The Kier molecular flexibility index (Phi) is 4.49. The number of hydrogen-bond acceptors (Lipinski definition) is 3. The minimum absolute atomic E-state index is 0.0227. The number of aromatic nitrogens is 1. The normalized spacial score (nSPS) is 14.5. The number of nitrogens with zero attached hydrogens (tertiary/aromatic N) is 1. The van der Waals surface area contributed by atoms with Gasteiger partial charge in [0.2, 0.25) is 0 Å². The molecule has 3 rings (SSSR count). The molecule has 24 heavy (non-hydrogen) atoms. The highest BCUT2D eigenvalue weighted by Gasteiger charge is 2.28. The predicted octanol–water partition coefficient (Wildman–Crippen LogP) is 4.82. The Morgan fingerprint density at radius 3 is 2.58 bits per heavy atom. The van der Waals surface area contributed by atoms with Crippen LogP contribution in [0.2, 0.25) is 0 Å². The minimum Gasteiger partial charge on any atom is -0.500 e. The first-order valence-corrected chi connectivity index (χ1v) is 8.14. The van der Waals surface area contributed by atoms with E-state index in [9.17, 15) is 13.6 Å². The molecule has 0 aliphatic heterocycles. The minimum atomic E-state index is -0.734. The zero-order valence-corrected chi connectivity index (χ0v) is 14.7. The number of carbonyl (C=O) groups excluding carboxylic acids is 1. The van der Waals surface area contributed by atoms with Crippen molar-refractivity contribution in [2.24, 2.45) is 0 Å². The summed E-state index contributed by atoms with van der Waals surface area (Å²) in [6, 6.07) is 4.21. The van der Waals surface area contributed by atoms with Crippen LogP contribution in [0.4, 0.5) is 8.78 Å². The Hall–Kier alpha value is -2.08. The van der Waals surface area contributed by atoms with Gasteiger partial charge in [-0.1, -0.05) is 15.9 Å². The van der Waals surface area contributed by atoms with Crippen molar-refractivity contribution in [1.29, 1.82) is 0 Å². The molecule has 0 saturated heterocycles. The topological polar surface area (TPSA) is 39.2 Å². The predicted molar refractivity (Wildman–Crippen MR) is 90.2 cm³/mol. The summed E-state index contributed by atoms with van der Waals surface area (Å²) in [7, 11) is 1.54. The third-order valence-corrected chi connectivity index (χ3v) is 4.63. The van der Waals surface area contributed by atoms with Crippen LogP contribution in [0.15, 0.2) is 34.6 Å². The Morgan fingerprint density at radius 1 is 1.21 bits per heavy atom. The maximum atomic E-state index is 14.0. The quantitative estimate of drug-likeness (QED) is 0.750. The molecule has 1 aliphatic rings. The highest BCUT2D eigenvalue weighted by atomic mass is 79.9. The molecule has 2 aromatic rings. The van der Waals surface area contributed by atoms with Gasteiger partial charge in [0.05, 0.1) is 18.9 Å². The molecular formula is C18H14BrF2NO2. The Bertz CT molecular complexity index is 854. The van der Waals surface area contributed by atoms with Crippen LogP contribution in [0.25, 0.3) is 16.8 Å². The Labute approximate surface area is 146 Å². The molecule has 6 heteroatoms. The summed E-state index contributed by atoms with van der Waals surface area (Å²) in [5.74, 6) is -0.782. The van der Waals surface area contributed by atoms with Gasteiger partial charge in [-0.05, 0) is 24.6 Å².